The molecule has 1 aromatic heterocycles. The minimum absolute atomic E-state index is 0.0711. The van der Waals surface area contributed by atoms with E-state index in [4.69, 9.17) is 5.11 Å². The third kappa shape index (κ3) is 4.77. The van der Waals surface area contributed by atoms with Gasteiger partial charge in [0.1, 0.15) is 6.61 Å². The van der Waals surface area contributed by atoms with Crippen molar-refractivity contribution in [3.05, 3.63) is 29.6 Å². The van der Waals surface area contributed by atoms with E-state index in [9.17, 15) is 9.59 Å². The number of carbonyl (C=O) groups is 2. The van der Waals surface area contributed by atoms with E-state index >= 15 is 0 Å². The molecule has 1 rings (SSSR count). The molecule has 0 aromatic carbocycles. The number of hydrogen-bond acceptors (Lipinski definition) is 4. The molecule has 1 heterocycles. The van der Waals surface area contributed by atoms with Crippen molar-refractivity contribution in [3.63, 3.8) is 0 Å². The van der Waals surface area contributed by atoms with Crippen molar-refractivity contribution in [2.75, 3.05) is 27.2 Å². The third-order valence-electron chi connectivity index (χ3n) is 2.21. The maximum absolute atomic E-state index is 11.8. The average molecular weight is 261 g/mol. The van der Waals surface area contributed by atoms with Crippen molar-refractivity contribution in [2.45, 2.75) is 0 Å². The standard InChI is InChI=1S/C13H15N3O3/c1-16(2)12(18)9-15-13(19)11-6-10(4-3-5-17)7-14-8-11/h6-8,17H,5,9H2,1-2H3,(H,15,19). The zero-order chi connectivity index (χ0) is 14.3. The summed E-state index contributed by atoms with van der Waals surface area (Å²) in [5, 5.41) is 11.1. The van der Waals surface area contributed by atoms with Crippen LogP contribution in [0.25, 0.3) is 0 Å². The van der Waals surface area contributed by atoms with Gasteiger partial charge in [-0.25, -0.2) is 0 Å². The minimum atomic E-state index is -0.393. The second kappa shape index (κ2) is 7.13. The van der Waals surface area contributed by atoms with Crippen LogP contribution in [-0.2, 0) is 4.79 Å². The smallest absolute Gasteiger partial charge is 0.253 e. The molecule has 0 spiro atoms. The first-order valence-corrected chi connectivity index (χ1v) is 5.57. The average Bonchev–Trinajstić information content (AvgIpc) is 2.42. The van der Waals surface area contributed by atoms with Crippen molar-refractivity contribution in [1.29, 1.82) is 0 Å². The van der Waals surface area contributed by atoms with Gasteiger partial charge in [0, 0.05) is 32.1 Å². The molecule has 0 saturated carbocycles. The van der Waals surface area contributed by atoms with E-state index in [1.807, 2.05) is 0 Å². The molecule has 2 N–H and O–H groups in total. The highest BCUT2D eigenvalue weighted by Gasteiger charge is 2.09. The lowest BCUT2D eigenvalue weighted by Gasteiger charge is -2.10. The van der Waals surface area contributed by atoms with Crippen LogP contribution < -0.4 is 5.32 Å². The second-order valence-corrected chi connectivity index (χ2v) is 3.89. The van der Waals surface area contributed by atoms with Crippen molar-refractivity contribution >= 4 is 11.8 Å². The SMILES string of the molecule is CN(C)C(=O)CNC(=O)c1cncc(C#CCO)c1. The molecule has 0 bridgehead atoms. The fourth-order valence-electron chi connectivity index (χ4n) is 1.19. The Labute approximate surface area is 111 Å². The van der Waals surface area contributed by atoms with Gasteiger partial charge >= 0.3 is 0 Å². The van der Waals surface area contributed by atoms with E-state index in [0.29, 0.717) is 11.1 Å². The predicted octanol–water partition coefficient (Wildman–Crippen LogP) is -0.757. The minimum Gasteiger partial charge on any atom is -0.384 e. The summed E-state index contributed by atoms with van der Waals surface area (Å²) in [7, 11) is 3.22. The summed E-state index contributed by atoms with van der Waals surface area (Å²) in [6.07, 6.45) is 2.88. The summed E-state index contributed by atoms with van der Waals surface area (Å²) >= 11 is 0. The summed E-state index contributed by atoms with van der Waals surface area (Å²) in [5.74, 6) is 4.53. The summed E-state index contributed by atoms with van der Waals surface area (Å²) in [4.78, 5) is 28.4. The van der Waals surface area contributed by atoms with Gasteiger partial charge in [-0.1, -0.05) is 11.8 Å². The number of carbonyl (C=O) groups excluding carboxylic acids is 2. The quantitative estimate of drug-likeness (QED) is 0.701. The Kier molecular flexibility index (Phi) is 5.51. The predicted molar refractivity (Wildman–Crippen MR) is 69.2 cm³/mol. The van der Waals surface area contributed by atoms with Gasteiger partial charge in [-0.3, -0.25) is 14.6 Å². The van der Waals surface area contributed by atoms with Crippen molar-refractivity contribution < 1.29 is 14.7 Å². The maximum atomic E-state index is 11.8. The van der Waals surface area contributed by atoms with Crippen LogP contribution in [0.4, 0.5) is 0 Å². The van der Waals surface area contributed by atoms with Crippen molar-refractivity contribution in [2.24, 2.45) is 0 Å². The van der Waals surface area contributed by atoms with Gasteiger partial charge in [0.15, 0.2) is 0 Å². The summed E-state index contributed by atoms with van der Waals surface area (Å²) in [6, 6.07) is 1.55. The molecule has 0 saturated heterocycles. The second-order valence-electron chi connectivity index (χ2n) is 3.89. The molecule has 1 aromatic rings. The number of likely N-dealkylation sites (N-methyl/N-ethyl adjacent to an activating group) is 1. The number of aromatic nitrogens is 1. The molecule has 0 radical (unpaired) electrons. The Morgan fingerprint density at radius 2 is 2.16 bits per heavy atom. The number of amides is 2. The van der Waals surface area contributed by atoms with Gasteiger partial charge in [0.05, 0.1) is 12.1 Å². The Balaban J connectivity index is 2.69. The van der Waals surface area contributed by atoms with Crippen molar-refractivity contribution in [3.8, 4) is 11.8 Å². The Hall–Kier alpha value is -2.39. The fourth-order valence-corrected chi connectivity index (χ4v) is 1.19. The molecular formula is C13H15N3O3. The first-order chi connectivity index (χ1) is 9.04. The van der Waals surface area contributed by atoms with Gasteiger partial charge in [0.25, 0.3) is 5.91 Å². The van der Waals surface area contributed by atoms with Gasteiger partial charge in [-0.15, -0.1) is 0 Å². The van der Waals surface area contributed by atoms with Gasteiger partial charge in [-0.2, -0.15) is 0 Å². The molecule has 0 atom stereocenters. The van der Waals surface area contributed by atoms with E-state index in [1.54, 1.807) is 20.2 Å². The van der Waals surface area contributed by atoms with Crippen LogP contribution >= 0.6 is 0 Å². The van der Waals surface area contributed by atoms with Crippen LogP contribution in [0.1, 0.15) is 15.9 Å². The van der Waals surface area contributed by atoms with Gasteiger partial charge in [-0.05, 0) is 6.07 Å². The van der Waals surface area contributed by atoms with Crippen LogP contribution in [0.5, 0.6) is 0 Å². The normalized spacial score (nSPS) is 9.21. The number of aliphatic hydroxyl groups excluding tert-OH is 1. The van der Waals surface area contributed by atoms with Crippen molar-refractivity contribution in [1.82, 2.24) is 15.2 Å². The first-order valence-electron chi connectivity index (χ1n) is 5.57. The number of hydrogen-bond donors (Lipinski definition) is 2. The molecule has 0 aliphatic carbocycles. The van der Waals surface area contributed by atoms with E-state index < -0.39 is 5.91 Å². The van der Waals surface area contributed by atoms with Crippen LogP contribution in [0.3, 0.4) is 0 Å². The number of pyridine rings is 1. The Morgan fingerprint density at radius 1 is 1.42 bits per heavy atom. The largest absolute Gasteiger partial charge is 0.384 e. The highest BCUT2D eigenvalue weighted by atomic mass is 16.2. The van der Waals surface area contributed by atoms with E-state index in [1.165, 1.54) is 17.3 Å². The lowest BCUT2D eigenvalue weighted by atomic mass is 10.2. The summed E-state index contributed by atoms with van der Waals surface area (Å²) in [6.45, 7) is -0.327. The molecule has 6 nitrogen and oxygen atoms in total. The zero-order valence-electron chi connectivity index (χ0n) is 10.8. The Bertz CT molecular complexity index is 529. The highest BCUT2D eigenvalue weighted by molar-refractivity contribution is 5.96. The molecule has 19 heavy (non-hydrogen) atoms. The topological polar surface area (TPSA) is 82.5 Å². The van der Waals surface area contributed by atoms with Crippen LogP contribution in [0, 0.1) is 11.8 Å². The summed E-state index contributed by atoms with van der Waals surface area (Å²) < 4.78 is 0. The molecule has 6 heteroatoms. The summed E-state index contributed by atoms with van der Waals surface area (Å²) in [5.41, 5.74) is 0.844. The third-order valence-corrected chi connectivity index (χ3v) is 2.21. The zero-order valence-corrected chi connectivity index (χ0v) is 10.8. The Morgan fingerprint density at radius 3 is 2.79 bits per heavy atom. The maximum Gasteiger partial charge on any atom is 0.253 e. The van der Waals surface area contributed by atoms with Gasteiger partial charge < -0.3 is 15.3 Å². The monoisotopic (exact) mass is 261 g/mol. The number of rotatable bonds is 3. The van der Waals surface area contributed by atoms with E-state index in [0.717, 1.165) is 0 Å². The lowest BCUT2D eigenvalue weighted by molar-refractivity contribution is -0.127. The molecule has 0 aliphatic heterocycles. The van der Waals surface area contributed by atoms with Gasteiger partial charge in [0.2, 0.25) is 5.91 Å². The number of aliphatic hydroxyl groups is 1. The molecule has 0 fully saturated rings. The van der Waals surface area contributed by atoms with E-state index in [2.05, 4.69) is 22.1 Å². The first kappa shape index (κ1) is 14.7. The molecular weight excluding hydrogens is 246 g/mol. The molecule has 100 valence electrons. The van der Waals surface area contributed by atoms with Crippen LogP contribution in [0.2, 0.25) is 0 Å². The lowest BCUT2D eigenvalue weighted by Crippen LogP contribution is -2.36. The van der Waals surface area contributed by atoms with E-state index in [-0.39, 0.29) is 19.1 Å². The molecule has 0 aliphatic rings. The van der Waals surface area contributed by atoms with Crippen LogP contribution in [-0.4, -0.2) is 54.1 Å². The number of nitrogens with one attached hydrogen (secondary N) is 1. The van der Waals surface area contributed by atoms with Crippen LogP contribution in [0.15, 0.2) is 18.5 Å². The fraction of sp³-hybridized carbons (Fsp3) is 0.308. The molecule has 0 unspecified atom stereocenters. The highest BCUT2D eigenvalue weighted by Crippen LogP contribution is 2.01. The molecule has 2 amide bonds. The number of nitrogens with zero attached hydrogens (tertiary/aromatic N) is 2.